The number of fused-ring (bicyclic) bond motifs is 1. The maximum absolute atomic E-state index is 12.7. The molecule has 0 saturated heterocycles. The second kappa shape index (κ2) is 10.1. The minimum absolute atomic E-state index is 0.0502. The zero-order chi connectivity index (χ0) is 24.1. The van der Waals surface area contributed by atoms with Crippen molar-refractivity contribution in [3.8, 4) is 11.8 Å². The van der Waals surface area contributed by atoms with Crippen molar-refractivity contribution in [2.24, 2.45) is 0 Å². The average Bonchev–Trinajstić information content (AvgIpc) is 2.84. The molecule has 6 nitrogen and oxygen atoms in total. The number of hydrogen-bond acceptors (Lipinski definition) is 5. The Balaban J connectivity index is 1.49. The normalized spacial score (nSPS) is 11.6. The van der Waals surface area contributed by atoms with Crippen LogP contribution in [0.15, 0.2) is 101 Å². The third-order valence-corrected chi connectivity index (χ3v) is 6.84. The molecule has 0 aliphatic rings. The molecule has 34 heavy (non-hydrogen) atoms. The lowest BCUT2D eigenvalue weighted by atomic mass is 10.1. The first-order chi connectivity index (χ1) is 16.3. The fourth-order valence-corrected chi connectivity index (χ4v) is 4.49. The summed E-state index contributed by atoms with van der Waals surface area (Å²) in [5, 5.41) is 13.8. The van der Waals surface area contributed by atoms with Gasteiger partial charge in [-0.15, -0.1) is 0 Å². The maximum Gasteiger partial charge on any atom is 0.339 e. The van der Waals surface area contributed by atoms with Crippen molar-refractivity contribution in [1.29, 1.82) is 5.26 Å². The van der Waals surface area contributed by atoms with Gasteiger partial charge in [-0.05, 0) is 93.5 Å². The Morgan fingerprint density at radius 1 is 0.912 bits per heavy atom. The summed E-state index contributed by atoms with van der Waals surface area (Å²) < 4.78 is 31.7. The molecule has 0 aliphatic heterocycles. The highest BCUT2D eigenvalue weighted by atomic mass is 127. The molecule has 8 heteroatoms. The number of benzene rings is 4. The van der Waals surface area contributed by atoms with Crippen molar-refractivity contribution >= 4 is 61.2 Å². The minimum atomic E-state index is -4.03. The highest BCUT2D eigenvalue weighted by Gasteiger charge is 2.17. The molecule has 4 aromatic rings. The standard InChI is InChI=1S/C26H17IN2O4S/c27-22-8-10-23(11-9-22)29-26(30)21(17-28)15-18-5-12-24(13-6-18)33-34(31,32)25-14-7-19-3-1-2-4-20(19)16-25/h1-16H,(H,29,30)/b21-15-. The molecule has 0 saturated carbocycles. The van der Waals surface area contributed by atoms with Gasteiger partial charge in [-0.2, -0.15) is 13.7 Å². The molecular formula is C26H17IN2O4S. The van der Waals surface area contributed by atoms with Crippen molar-refractivity contribution < 1.29 is 17.4 Å². The number of carbonyl (C=O) groups is 1. The predicted molar refractivity (Wildman–Crippen MR) is 140 cm³/mol. The number of anilines is 1. The van der Waals surface area contributed by atoms with Gasteiger partial charge in [0, 0.05) is 9.26 Å². The van der Waals surface area contributed by atoms with Crippen LogP contribution in [0.4, 0.5) is 5.69 Å². The van der Waals surface area contributed by atoms with Gasteiger partial charge in [0.05, 0.1) is 0 Å². The van der Waals surface area contributed by atoms with Crippen LogP contribution in [0.1, 0.15) is 5.56 Å². The Labute approximate surface area is 210 Å². The summed E-state index contributed by atoms with van der Waals surface area (Å²) in [6.45, 7) is 0. The lowest BCUT2D eigenvalue weighted by Gasteiger charge is -2.08. The van der Waals surface area contributed by atoms with Gasteiger partial charge in [0.15, 0.2) is 0 Å². The molecule has 0 heterocycles. The van der Waals surface area contributed by atoms with Crippen molar-refractivity contribution in [2.75, 3.05) is 5.32 Å². The molecule has 0 aliphatic carbocycles. The van der Waals surface area contributed by atoms with Gasteiger partial charge in [-0.1, -0.05) is 42.5 Å². The van der Waals surface area contributed by atoms with Crippen LogP contribution in [0.25, 0.3) is 16.8 Å². The molecule has 0 bridgehead atoms. The lowest BCUT2D eigenvalue weighted by molar-refractivity contribution is -0.112. The zero-order valence-corrected chi connectivity index (χ0v) is 20.6. The number of rotatable bonds is 6. The minimum Gasteiger partial charge on any atom is -0.379 e. The molecule has 0 fully saturated rings. The smallest absolute Gasteiger partial charge is 0.339 e. The second-order valence-electron chi connectivity index (χ2n) is 7.25. The van der Waals surface area contributed by atoms with Crippen LogP contribution in [0.3, 0.4) is 0 Å². The maximum atomic E-state index is 12.7. The number of nitriles is 1. The van der Waals surface area contributed by atoms with Crippen molar-refractivity contribution in [3.05, 3.63) is 106 Å². The Morgan fingerprint density at radius 3 is 2.26 bits per heavy atom. The second-order valence-corrected chi connectivity index (χ2v) is 10.0. The summed E-state index contributed by atoms with van der Waals surface area (Å²) in [6, 6.07) is 27.4. The van der Waals surface area contributed by atoms with E-state index in [2.05, 4.69) is 27.9 Å². The SMILES string of the molecule is N#C/C(=C/c1ccc(OS(=O)(=O)c2ccc3ccccc3c2)cc1)C(=O)Nc1ccc(I)cc1. The molecule has 1 N–H and O–H groups in total. The highest BCUT2D eigenvalue weighted by molar-refractivity contribution is 14.1. The summed E-state index contributed by atoms with van der Waals surface area (Å²) in [6.07, 6.45) is 1.42. The molecule has 0 atom stereocenters. The van der Waals surface area contributed by atoms with Crippen LogP contribution in [-0.4, -0.2) is 14.3 Å². The van der Waals surface area contributed by atoms with Crippen LogP contribution < -0.4 is 9.50 Å². The molecule has 0 aromatic heterocycles. The number of hydrogen-bond donors (Lipinski definition) is 1. The summed E-state index contributed by atoms with van der Waals surface area (Å²) in [7, 11) is -4.03. The van der Waals surface area contributed by atoms with Gasteiger partial charge in [-0.25, -0.2) is 0 Å². The Hall–Kier alpha value is -3.68. The first kappa shape index (κ1) is 23.5. The first-order valence-corrected chi connectivity index (χ1v) is 12.5. The monoisotopic (exact) mass is 580 g/mol. The van der Waals surface area contributed by atoms with Crippen LogP contribution in [0.2, 0.25) is 0 Å². The van der Waals surface area contributed by atoms with E-state index in [0.29, 0.717) is 11.3 Å². The fraction of sp³-hybridized carbons (Fsp3) is 0. The van der Waals surface area contributed by atoms with Crippen LogP contribution in [0, 0.1) is 14.9 Å². The number of carbonyl (C=O) groups excluding carboxylic acids is 1. The Kier molecular flexibility index (Phi) is 6.95. The first-order valence-electron chi connectivity index (χ1n) is 10.1. The quantitative estimate of drug-likeness (QED) is 0.136. The van der Waals surface area contributed by atoms with Crippen LogP contribution in [-0.2, 0) is 14.9 Å². The topological polar surface area (TPSA) is 96.3 Å². The van der Waals surface area contributed by atoms with Crippen LogP contribution in [0.5, 0.6) is 5.75 Å². The highest BCUT2D eigenvalue weighted by Crippen LogP contribution is 2.23. The van der Waals surface area contributed by atoms with E-state index in [9.17, 15) is 18.5 Å². The summed E-state index contributed by atoms with van der Waals surface area (Å²) in [4.78, 5) is 12.5. The summed E-state index contributed by atoms with van der Waals surface area (Å²) >= 11 is 2.16. The van der Waals surface area contributed by atoms with Crippen molar-refractivity contribution in [3.63, 3.8) is 0 Å². The summed E-state index contributed by atoms with van der Waals surface area (Å²) in [5.74, 6) is -0.421. The van der Waals surface area contributed by atoms with E-state index < -0.39 is 16.0 Å². The van der Waals surface area contributed by atoms with E-state index >= 15 is 0 Å². The average molecular weight is 580 g/mol. The van der Waals surface area contributed by atoms with Crippen molar-refractivity contribution in [2.45, 2.75) is 4.90 Å². The van der Waals surface area contributed by atoms with Gasteiger partial charge < -0.3 is 9.50 Å². The molecule has 0 radical (unpaired) electrons. The Bertz CT molecular complexity index is 1540. The largest absolute Gasteiger partial charge is 0.379 e. The van der Waals surface area contributed by atoms with E-state index in [1.165, 1.54) is 24.3 Å². The Morgan fingerprint density at radius 2 is 1.59 bits per heavy atom. The van der Waals surface area contributed by atoms with Gasteiger partial charge in [0.25, 0.3) is 5.91 Å². The number of nitrogens with zero attached hydrogens (tertiary/aromatic N) is 1. The van der Waals surface area contributed by atoms with Gasteiger partial charge in [-0.3, -0.25) is 4.79 Å². The number of amides is 1. The molecule has 0 spiro atoms. The van der Waals surface area contributed by atoms with E-state index in [1.807, 2.05) is 42.5 Å². The molecule has 4 aromatic carbocycles. The summed E-state index contributed by atoms with van der Waals surface area (Å²) in [5.41, 5.74) is 1.04. The van der Waals surface area contributed by atoms with E-state index in [-0.39, 0.29) is 16.2 Å². The molecular weight excluding hydrogens is 563 g/mol. The lowest BCUT2D eigenvalue weighted by Crippen LogP contribution is -2.13. The predicted octanol–water partition coefficient (Wildman–Crippen LogP) is 5.76. The van der Waals surface area contributed by atoms with Crippen molar-refractivity contribution in [1.82, 2.24) is 0 Å². The van der Waals surface area contributed by atoms with Gasteiger partial charge >= 0.3 is 10.1 Å². The van der Waals surface area contributed by atoms with Crippen LogP contribution >= 0.6 is 22.6 Å². The molecule has 4 rings (SSSR count). The van der Waals surface area contributed by atoms with E-state index in [1.54, 1.807) is 36.4 Å². The molecule has 1 amide bonds. The van der Waals surface area contributed by atoms with Gasteiger partial charge in [0.2, 0.25) is 0 Å². The molecule has 0 unspecified atom stereocenters. The number of halogens is 1. The van der Waals surface area contributed by atoms with E-state index in [4.69, 9.17) is 4.18 Å². The van der Waals surface area contributed by atoms with Gasteiger partial charge in [0.1, 0.15) is 22.3 Å². The fourth-order valence-electron chi connectivity index (χ4n) is 3.16. The number of nitrogens with one attached hydrogen (secondary N) is 1. The zero-order valence-electron chi connectivity index (χ0n) is 17.6. The molecule has 168 valence electrons. The third kappa shape index (κ3) is 5.62. The third-order valence-electron chi connectivity index (χ3n) is 4.87. The van der Waals surface area contributed by atoms with E-state index in [0.717, 1.165) is 14.3 Å².